The van der Waals surface area contributed by atoms with Crippen molar-refractivity contribution in [3.63, 3.8) is 0 Å². The molecule has 0 unspecified atom stereocenters. The quantitative estimate of drug-likeness (QED) is 0.251. The SMILES string of the molecule is COc1cc(/C=C2\SC(=O)N(CCOc3ccc(Cl)cc3)C2=O)cc(Br)c1OCc1ccccc1F. The van der Waals surface area contributed by atoms with Crippen molar-refractivity contribution in [1.82, 2.24) is 4.90 Å². The van der Waals surface area contributed by atoms with Crippen molar-refractivity contribution in [3.8, 4) is 17.2 Å². The molecule has 3 aromatic carbocycles. The Morgan fingerprint density at radius 3 is 2.56 bits per heavy atom. The molecule has 0 atom stereocenters. The van der Waals surface area contributed by atoms with Crippen molar-refractivity contribution < 1.29 is 28.2 Å². The number of rotatable bonds is 9. The topological polar surface area (TPSA) is 65.1 Å². The number of amides is 2. The number of carbonyl (C=O) groups is 2. The fraction of sp³-hybridized carbons (Fsp3) is 0.154. The first kappa shape index (κ1) is 26.1. The molecule has 3 aromatic rings. The fourth-order valence-electron chi connectivity index (χ4n) is 3.36. The first-order valence-corrected chi connectivity index (χ1v) is 12.7. The zero-order chi connectivity index (χ0) is 25.7. The fourth-order valence-corrected chi connectivity index (χ4v) is 4.92. The van der Waals surface area contributed by atoms with Crippen LogP contribution in [-0.4, -0.2) is 36.3 Å². The average molecular weight is 593 g/mol. The normalized spacial score (nSPS) is 14.4. The third-order valence-corrected chi connectivity index (χ3v) is 6.90. The van der Waals surface area contributed by atoms with E-state index in [0.29, 0.717) is 37.9 Å². The van der Waals surface area contributed by atoms with Crippen LogP contribution in [0.1, 0.15) is 11.1 Å². The van der Waals surface area contributed by atoms with Gasteiger partial charge in [0.1, 0.15) is 24.8 Å². The molecule has 6 nitrogen and oxygen atoms in total. The Morgan fingerprint density at radius 1 is 1.08 bits per heavy atom. The molecule has 0 saturated carbocycles. The monoisotopic (exact) mass is 591 g/mol. The van der Waals surface area contributed by atoms with E-state index in [1.165, 1.54) is 13.2 Å². The molecule has 1 aliphatic heterocycles. The van der Waals surface area contributed by atoms with E-state index in [2.05, 4.69) is 15.9 Å². The first-order chi connectivity index (χ1) is 17.4. The molecule has 1 saturated heterocycles. The van der Waals surface area contributed by atoms with Crippen LogP contribution in [0.3, 0.4) is 0 Å². The van der Waals surface area contributed by atoms with Gasteiger partial charge in [-0.3, -0.25) is 14.5 Å². The molecule has 1 aliphatic rings. The Morgan fingerprint density at radius 2 is 1.83 bits per heavy atom. The van der Waals surface area contributed by atoms with E-state index in [1.807, 2.05) is 0 Å². The van der Waals surface area contributed by atoms with Gasteiger partial charge in [-0.2, -0.15) is 0 Å². The molecule has 186 valence electrons. The van der Waals surface area contributed by atoms with E-state index in [4.69, 9.17) is 25.8 Å². The molecule has 0 radical (unpaired) electrons. The number of nitrogens with zero attached hydrogens (tertiary/aromatic N) is 1. The van der Waals surface area contributed by atoms with Gasteiger partial charge in [0.25, 0.3) is 11.1 Å². The van der Waals surface area contributed by atoms with E-state index in [1.54, 1.807) is 60.7 Å². The van der Waals surface area contributed by atoms with Gasteiger partial charge in [0.2, 0.25) is 0 Å². The third kappa shape index (κ3) is 6.21. The van der Waals surface area contributed by atoms with Crippen LogP contribution in [0.2, 0.25) is 5.02 Å². The highest BCUT2D eigenvalue weighted by molar-refractivity contribution is 9.10. The Labute approximate surface area is 225 Å². The van der Waals surface area contributed by atoms with E-state index in [0.717, 1.165) is 16.7 Å². The Balaban J connectivity index is 1.44. The molecule has 0 aromatic heterocycles. The number of halogens is 3. The second-order valence-electron chi connectivity index (χ2n) is 7.55. The second kappa shape index (κ2) is 11.8. The summed E-state index contributed by atoms with van der Waals surface area (Å²) in [6, 6.07) is 16.6. The van der Waals surface area contributed by atoms with Gasteiger partial charge in [0.05, 0.1) is 23.0 Å². The minimum absolute atomic E-state index is 0.0119. The number of hydrogen-bond donors (Lipinski definition) is 0. The predicted molar refractivity (Wildman–Crippen MR) is 141 cm³/mol. The van der Waals surface area contributed by atoms with Crippen LogP contribution < -0.4 is 14.2 Å². The Bertz CT molecular complexity index is 1320. The van der Waals surface area contributed by atoms with Crippen molar-refractivity contribution in [3.05, 3.63) is 92.0 Å². The zero-order valence-electron chi connectivity index (χ0n) is 19.0. The van der Waals surface area contributed by atoms with Gasteiger partial charge >= 0.3 is 0 Å². The van der Waals surface area contributed by atoms with Crippen molar-refractivity contribution in [2.24, 2.45) is 0 Å². The van der Waals surface area contributed by atoms with E-state index < -0.39 is 5.91 Å². The minimum atomic E-state index is -0.403. The van der Waals surface area contributed by atoms with Crippen molar-refractivity contribution in [1.29, 1.82) is 0 Å². The lowest BCUT2D eigenvalue weighted by Crippen LogP contribution is -2.32. The maximum Gasteiger partial charge on any atom is 0.293 e. The number of ether oxygens (including phenoxy) is 3. The molecule has 4 rings (SSSR count). The number of methoxy groups -OCH3 is 1. The highest BCUT2D eigenvalue weighted by Gasteiger charge is 2.35. The highest BCUT2D eigenvalue weighted by Crippen LogP contribution is 2.39. The number of imide groups is 1. The summed E-state index contributed by atoms with van der Waals surface area (Å²) in [5, 5.41) is 0.216. The average Bonchev–Trinajstić information content (AvgIpc) is 3.12. The molecule has 0 spiro atoms. The van der Waals surface area contributed by atoms with Gasteiger partial charge in [-0.05, 0) is 81.8 Å². The maximum absolute atomic E-state index is 13.9. The summed E-state index contributed by atoms with van der Waals surface area (Å²) in [6.07, 6.45) is 1.61. The number of carbonyl (C=O) groups excluding carboxylic acids is 2. The summed E-state index contributed by atoms with van der Waals surface area (Å²) in [5.41, 5.74) is 1.03. The van der Waals surface area contributed by atoms with Crippen LogP contribution in [0.4, 0.5) is 9.18 Å². The molecule has 1 fully saturated rings. The number of thioether (sulfide) groups is 1. The van der Waals surface area contributed by atoms with Crippen LogP contribution in [0.5, 0.6) is 17.2 Å². The lowest BCUT2D eigenvalue weighted by Gasteiger charge is -2.14. The predicted octanol–water partition coefficient (Wildman–Crippen LogP) is 6.94. The summed E-state index contributed by atoms with van der Waals surface area (Å²) in [6.45, 7) is 0.277. The molecule has 0 aliphatic carbocycles. The van der Waals surface area contributed by atoms with E-state index in [9.17, 15) is 14.0 Å². The molecule has 2 amide bonds. The molecular weight excluding hydrogens is 573 g/mol. The van der Waals surface area contributed by atoms with Crippen LogP contribution in [-0.2, 0) is 11.4 Å². The van der Waals surface area contributed by atoms with Crippen molar-refractivity contribution in [2.75, 3.05) is 20.3 Å². The minimum Gasteiger partial charge on any atom is -0.493 e. The summed E-state index contributed by atoms with van der Waals surface area (Å²) in [5.74, 6) is 0.613. The van der Waals surface area contributed by atoms with E-state index in [-0.39, 0.29) is 35.7 Å². The van der Waals surface area contributed by atoms with Gasteiger partial charge in [0.15, 0.2) is 11.5 Å². The van der Waals surface area contributed by atoms with E-state index >= 15 is 0 Å². The molecule has 36 heavy (non-hydrogen) atoms. The Kier molecular flexibility index (Phi) is 8.56. The van der Waals surface area contributed by atoms with Gasteiger partial charge in [-0.15, -0.1) is 0 Å². The molecule has 0 bridgehead atoms. The van der Waals surface area contributed by atoms with Crippen molar-refractivity contribution >= 4 is 56.5 Å². The number of hydrogen-bond acceptors (Lipinski definition) is 6. The van der Waals surface area contributed by atoms with Crippen molar-refractivity contribution in [2.45, 2.75) is 6.61 Å². The summed E-state index contributed by atoms with van der Waals surface area (Å²) in [7, 11) is 1.48. The Hall–Kier alpha value is -3.01. The van der Waals surface area contributed by atoms with Gasteiger partial charge in [-0.25, -0.2) is 4.39 Å². The smallest absolute Gasteiger partial charge is 0.293 e. The highest BCUT2D eigenvalue weighted by atomic mass is 79.9. The molecule has 10 heteroatoms. The maximum atomic E-state index is 13.9. The molecule has 1 heterocycles. The van der Waals surface area contributed by atoms with Crippen LogP contribution in [0, 0.1) is 5.82 Å². The molecule has 0 N–H and O–H groups in total. The second-order valence-corrected chi connectivity index (χ2v) is 9.83. The van der Waals surface area contributed by atoms with Gasteiger partial charge in [-0.1, -0.05) is 29.8 Å². The summed E-state index contributed by atoms with van der Waals surface area (Å²) in [4.78, 5) is 26.7. The first-order valence-electron chi connectivity index (χ1n) is 10.7. The lowest BCUT2D eigenvalue weighted by atomic mass is 10.1. The summed E-state index contributed by atoms with van der Waals surface area (Å²) >= 11 is 10.2. The summed E-state index contributed by atoms with van der Waals surface area (Å²) < 4.78 is 31.3. The van der Waals surface area contributed by atoms with Gasteiger partial charge < -0.3 is 14.2 Å². The third-order valence-electron chi connectivity index (χ3n) is 5.15. The standard InChI is InChI=1S/C26H20BrClFNO5S/c1-33-22-13-16(12-20(27)24(22)35-15-17-4-2-3-5-21(17)29)14-23-25(31)30(26(32)36-23)10-11-34-19-8-6-18(28)7-9-19/h2-9,12-14H,10-11,15H2,1H3/b23-14-. The van der Waals surface area contributed by atoms with Crippen LogP contribution in [0.15, 0.2) is 70.0 Å². The molecular formula is C26H20BrClFNO5S. The number of benzene rings is 3. The largest absolute Gasteiger partial charge is 0.493 e. The van der Waals surface area contributed by atoms with Crippen LogP contribution >= 0.6 is 39.3 Å². The van der Waals surface area contributed by atoms with Crippen LogP contribution in [0.25, 0.3) is 6.08 Å². The lowest BCUT2D eigenvalue weighted by molar-refractivity contribution is -0.123. The van der Waals surface area contributed by atoms with Gasteiger partial charge in [0, 0.05) is 10.6 Å². The zero-order valence-corrected chi connectivity index (χ0v) is 22.2.